The summed E-state index contributed by atoms with van der Waals surface area (Å²) < 4.78 is 10.7. The molecule has 2 amide bonds. The number of benzene rings is 1. The maximum absolute atomic E-state index is 12.2. The molecule has 1 saturated heterocycles. The van der Waals surface area contributed by atoms with Crippen LogP contribution in [0, 0.1) is 6.92 Å². The molecule has 1 aliphatic heterocycles. The fourth-order valence-corrected chi connectivity index (χ4v) is 2.92. The van der Waals surface area contributed by atoms with Crippen molar-refractivity contribution in [3.8, 4) is 5.75 Å². The number of nitrogens with zero attached hydrogens (tertiary/aromatic N) is 1. The van der Waals surface area contributed by atoms with Crippen LogP contribution in [0.1, 0.15) is 17.7 Å². The Labute approximate surface area is 146 Å². The maximum atomic E-state index is 12.2. The summed E-state index contributed by atoms with van der Waals surface area (Å²) >= 11 is 0. The predicted octanol–water partition coefficient (Wildman–Crippen LogP) is 2.35. The minimum Gasteiger partial charge on any atom is -0.488 e. The van der Waals surface area contributed by atoms with Crippen LogP contribution < -0.4 is 15.7 Å². The van der Waals surface area contributed by atoms with Crippen molar-refractivity contribution < 1.29 is 13.9 Å². The van der Waals surface area contributed by atoms with Gasteiger partial charge in [-0.1, -0.05) is 30.3 Å². The zero-order chi connectivity index (χ0) is 17.6. The number of likely N-dealkylation sites (tertiary alicyclic amines) is 1. The van der Waals surface area contributed by atoms with E-state index in [0.29, 0.717) is 31.1 Å². The number of urea groups is 1. The van der Waals surface area contributed by atoms with Crippen molar-refractivity contribution in [1.82, 2.24) is 10.2 Å². The highest BCUT2D eigenvalue weighted by atomic mass is 16.5. The largest absolute Gasteiger partial charge is 0.488 e. The molecule has 1 aromatic heterocycles. The summed E-state index contributed by atoms with van der Waals surface area (Å²) in [6.07, 6.45) is 1.44. The Morgan fingerprint density at radius 1 is 1.32 bits per heavy atom. The summed E-state index contributed by atoms with van der Waals surface area (Å²) in [6.45, 7) is 3.46. The summed E-state index contributed by atoms with van der Waals surface area (Å²) in [5.74, 6) is 1.00. The first-order valence-corrected chi connectivity index (χ1v) is 8.45. The molecule has 0 aliphatic carbocycles. The molecular weight excluding hydrogens is 320 g/mol. The van der Waals surface area contributed by atoms with Gasteiger partial charge in [0.2, 0.25) is 0 Å². The normalized spacial score (nSPS) is 16.7. The lowest BCUT2D eigenvalue weighted by atomic mass is 10.1. The van der Waals surface area contributed by atoms with Gasteiger partial charge in [0.15, 0.2) is 0 Å². The van der Waals surface area contributed by atoms with Gasteiger partial charge in [-0.2, -0.15) is 0 Å². The molecule has 6 nitrogen and oxygen atoms in total. The van der Waals surface area contributed by atoms with Gasteiger partial charge in [0.05, 0.1) is 12.6 Å². The molecule has 3 rings (SSSR count). The Balaban J connectivity index is 1.45. The van der Waals surface area contributed by atoms with Crippen LogP contribution >= 0.6 is 0 Å². The zero-order valence-corrected chi connectivity index (χ0v) is 14.2. The van der Waals surface area contributed by atoms with Gasteiger partial charge in [0.25, 0.3) is 0 Å². The molecule has 1 atom stereocenters. The van der Waals surface area contributed by atoms with E-state index in [1.54, 1.807) is 17.9 Å². The van der Waals surface area contributed by atoms with Gasteiger partial charge in [0.1, 0.15) is 17.6 Å². The maximum Gasteiger partial charge on any atom is 0.339 e. The van der Waals surface area contributed by atoms with Gasteiger partial charge in [-0.15, -0.1) is 0 Å². The number of nitrogens with one attached hydrogen (secondary N) is 1. The fourth-order valence-electron chi connectivity index (χ4n) is 2.92. The van der Waals surface area contributed by atoms with E-state index in [1.165, 1.54) is 11.6 Å². The number of amides is 2. The van der Waals surface area contributed by atoms with Gasteiger partial charge in [0, 0.05) is 25.6 Å². The first-order chi connectivity index (χ1) is 12.1. The second-order valence-corrected chi connectivity index (χ2v) is 6.16. The second-order valence-electron chi connectivity index (χ2n) is 6.16. The van der Waals surface area contributed by atoms with Crippen LogP contribution in [-0.4, -0.2) is 36.7 Å². The summed E-state index contributed by atoms with van der Waals surface area (Å²) in [5, 5.41) is 2.94. The van der Waals surface area contributed by atoms with E-state index < -0.39 is 5.63 Å². The van der Waals surface area contributed by atoms with E-state index in [-0.39, 0.29) is 12.1 Å². The van der Waals surface area contributed by atoms with Gasteiger partial charge in [-0.25, -0.2) is 9.59 Å². The van der Waals surface area contributed by atoms with E-state index >= 15 is 0 Å². The molecule has 132 valence electrons. The molecule has 1 aliphatic rings. The van der Waals surface area contributed by atoms with Crippen LogP contribution in [0.5, 0.6) is 5.75 Å². The van der Waals surface area contributed by atoms with Crippen LogP contribution in [0.2, 0.25) is 0 Å². The second kappa shape index (κ2) is 7.88. The van der Waals surface area contributed by atoms with E-state index in [0.717, 1.165) is 12.8 Å². The average molecular weight is 342 g/mol. The molecule has 1 fully saturated rings. The summed E-state index contributed by atoms with van der Waals surface area (Å²) in [4.78, 5) is 25.4. The smallest absolute Gasteiger partial charge is 0.339 e. The lowest BCUT2D eigenvalue weighted by Crippen LogP contribution is -2.40. The minimum absolute atomic E-state index is 0.0780. The molecule has 0 saturated carbocycles. The van der Waals surface area contributed by atoms with E-state index in [9.17, 15) is 9.59 Å². The van der Waals surface area contributed by atoms with Gasteiger partial charge in [-0.3, -0.25) is 0 Å². The third kappa shape index (κ3) is 4.86. The molecule has 0 bridgehead atoms. The van der Waals surface area contributed by atoms with Crippen molar-refractivity contribution in [2.24, 2.45) is 0 Å². The summed E-state index contributed by atoms with van der Waals surface area (Å²) in [5.41, 5.74) is 0.771. The molecule has 2 heterocycles. The standard InChI is InChI=1S/C19H22N2O4/c1-14-11-17(12-18(22)24-14)25-16-8-10-21(13-16)19(23)20-9-7-15-5-3-2-4-6-15/h2-6,11-12,16H,7-10,13H2,1H3,(H,20,23). The molecule has 2 aromatic rings. The highest BCUT2D eigenvalue weighted by molar-refractivity contribution is 5.74. The average Bonchev–Trinajstić information content (AvgIpc) is 3.03. The highest BCUT2D eigenvalue weighted by Crippen LogP contribution is 2.18. The SMILES string of the molecule is Cc1cc(OC2CCN(C(=O)NCCc3ccccc3)C2)cc(=O)o1. The lowest BCUT2D eigenvalue weighted by Gasteiger charge is -2.18. The number of hydrogen-bond acceptors (Lipinski definition) is 4. The van der Waals surface area contributed by atoms with Crippen LogP contribution in [0.25, 0.3) is 0 Å². The molecular formula is C19H22N2O4. The monoisotopic (exact) mass is 342 g/mol. The molecule has 1 aromatic carbocycles. The summed E-state index contributed by atoms with van der Waals surface area (Å²) in [7, 11) is 0. The molecule has 25 heavy (non-hydrogen) atoms. The summed E-state index contributed by atoms with van der Waals surface area (Å²) in [6, 6.07) is 13.0. The van der Waals surface area contributed by atoms with Gasteiger partial charge < -0.3 is 19.4 Å². The van der Waals surface area contributed by atoms with Crippen molar-refractivity contribution in [3.63, 3.8) is 0 Å². The third-order valence-electron chi connectivity index (χ3n) is 4.13. The van der Waals surface area contributed by atoms with Crippen LogP contribution in [0.3, 0.4) is 0 Å². The molecule has 0 spiro atoms. The van der Waals surface area contributed by atoms with E-state index in [1.807, 2.05) is 30.3 Å². The first-order valence-electron chi connectivity index (χ1n) is 8.45. The van der Waals surface area contributed by atoms with Gasteiger partial charge in [-0.05, 0) is 18.9 Å². The van der Waals surface area contributed by atoms with Crippen molar-refractivity contribution in [3.05, 3.63) is 64.2 Å². The minimum atomic E-state index is -0.427. The van der Waals surface area contributed by atoms with Crippen molar-refractivity contribution in [2.75, 3.05) is 19.6 Å². The van der Waals surface area contributed by atoms with E-state index in [4.69, 9.17) is 9.15 Å². The number of hydrogen-bond donors (Lipinski definition) is 1. The quantitative estimate of drug-likeness (QED) is 0.905. The third-order valence-corrected chi connectivity index (χ3v) is 4.13. The Kier molecular flexibility index (Phi) is 5.38. The van der Waals surface area contributed by atoms with Crippen molar-refractivity contribution >= 4 is 6.03 Å². The number of carbonyl (C=O) groups excluding carboxylic acids is 1. The Bertz CT molecular complexity index is 772. The Hall–Kier alpha value is -2.76. The fraction of sp³-hybridized carbons (Fsp3) is 0.368. The molecule has 1 unspecified atom stereocenters. The number of ether oxygens (including phenoxy) is 1. The molecule has 0 radical (unpaired) electrons. The highest BCUT2D eigenvalue weighted by Gasteiger charge is 2.27. The van der Waals surface area contributed by atoms with Crippen LogP contribution in [0.4, 0.5) is 4.79 Å². The number of aryl methyl sites for hydroxylation is 1. The van der Waals surface area contributed by atoms with Crippen molar-refractivity contribution in [1.29, 1.82) is 0 Å². The van der Waals surface area contributed by atoms with Crippen molar-refractivity contribution in [2.45, 2.75) is 25.9 Å². The molecule has 6 heteroatoms. The Morgan fingerprint density at radius 2 is 2.12 bits per heavy atom. The predicted molar refractivity (Wildman–Crippen MR) is 93.9 cm³/mol. The number of rotatable bonds is 5. The first kappa shape index (κ1) is 17.1. The topological polar surface area (TPSA) is 71.8 Å². The number of carbonyl (C=O) groups is 1. The van der Waals surface area contributed by atoms with Gasteiger partial charge >= 0.3 is 11.7 Å². The van der Waals surface area contributed by atoms with Crippen LogP contribution in [0.15, 0.2) is 51.7 Å². The Morgan fingerprint density at radius 3 is 2.88 bits per heavy atom. The zero-order valence-electron chi connectivity index (χ0n) is 14.2. The van der Waals surface area contributed by atoms with Crippen LogP contribution in [-0.2, 0) is 6.42 Å². The molecule has 1 N–H and O–H groups in total. The lowest BCUT2D eigenvalue weighted by molar-refractivity contribution is 0.186. The van der Waals surface area contributed by atoms with E-state index in [2.05, 4.69) is 5.32 Å².